The lowest BCUT2D eigenvalue weighted by Gasteiger charge is -2.29. The number of nitriles is 1. The van der Waals surface area contributed by atoms with Crippen LogP contribution in [0, 0.1) is 31.1 Å². The van der Waals surface area contributed by atoms with Crippen LogP contribution in [0.2, 0.25) is 0 Å². The number of nitrogens with zero attached hydrogens (tertiary/aromatic N) is 2. The highest BCUT2D eigenvalue weighted by Gasteiger charge is 2.23. The van der Waals surface area contributed by atoms with Crippen LogP contribution < -0.4 is 0 Å². The minimum atomic E-state index is 0.0921. The van der Waals surface area contributed by atoms with Crippen molar-refractivity contribution in [2.45, 2.75) is 26.7 Å². The van der Waals surface area contributed by atoms with Crippen molar-refractivity contribution in [2.24, 2.45) is 5.92 Å². The maximum absolute atomic E-state index is 12.3. The van der Waals surface area contributed by atoms with Crippen molar-refractivity contribution >= 4 is 5.91 Å². The van der Waals surface area contributed by atoms with Crippen molar-refractivity contribution in [3.8, 4) is 6.07 Å². The minimum absolute atomic E-state index is 0.0921. The highest BCUT2D eigenvalue weighted by molar-refractivity contribution is 5.94. The second kappa shape index (κ2) is 5.22. The Balaban J connectivity index is 2.08. The van der Waals surface area contributed by atoms with Gasteiger partial charge in [0.1, 0.15) is 0 Å². The standard InChI is InChI=1S/C15H18N2O/c1-11-3-4-14(9-12(11)2)15(18)17-7-5-13(10-16)6-8-17/h3-4,9,13H,5-8H2,1-2H3. The normalized spacial score (nSPS) is 16.4. The average Bonchev–Trinajstić information content (AvgIpc) is 2.41. The van der Waals surface area contributed by atoms with Gasteiger partial charge in [-0.25, -0.2) is 0 Å². The summed E-state index contributed by atoms with van der Waals surface area (Å²) in [5.41, 5.74) is 3.11. The second-order valence-corrected chi connectivity index (χ2v) is 4.99. The number of rotatable bonds is 1. The molecule has 0 unspecified atom stereocenters. The van der Waals surface area contributed by atoms with Crippen molar-refractivity contribution in [1.82, 2.24) is 4.90 Å². The van der Waals surface area contributed by atoms with Gasteiger partial charge in [0.25, 0.3) is 5.91 Å². The number of piperidine rings is 1. The van der Waals surface area contributed by atoms with Gasteiger partial charge in [0.2, 0.25) is 0 Å². The van der Waals surface area contributed by atoms with Crippen LogP contribution in [0.15, 0.2) is 18.2 Å². The first-order valence-electron chi connectivity index (χ1n) is 6.38. The van der Waals surface area contributed by atoms with Gasteiger partial charge in [-0.05, 0) is 49.9 Å². The van der Waals surface area contributed by atoms with Gasteiger partial charge in [0, 0.05) is 24.6 Å². The number of benzene rings is 1. The molecule has 1 aliphatic rings. The Labute approximate surface area is 108 Å². The van der Waals surface area contributed by atoms with Gasteiger partial charge in [-0.3, -0.25) is 4.79 Å². The molecule has 0 spiro atoms. The molecule has 94 valence electrons. The molecule has 2 rings (SSSR count). The lowest BCUT2D eigenvalue weighted by molar-refractivity contribution is 0.0707. The monoisotopic (exact) mass is 242 g/mol. The number of carbonyl (C=O) groups is 1. The molecule has 1 fully saturated rings. The van der Waals surface area contributed by atoms with Crippen LogP contribution in [-0.4, -0.2) is 23.9 Å². The Morgan fingerprint density at radius 3 is 2.50 bits per heavy atom. The third-order valence-corrected chi connectivity index (χ3v) is 3.72. The van der Waals surface area contributed by atoms with Crippen LogP contribution in [-0.2, 0) is 0 Å². The lowest BCUT2D eigenvalue weighted by Crippen LogP contribution is -2.38. The van der Waals surface area contributed by atoms with Gasteiger partial charge in [0.15, 0.2) is 0 Å². The Morgan fingerprint density at radius 1 is 1.28 bits per heavy atom. The summed E-state index contributed by atoms with van der Waals surface area (Å²) in [4.78, 5) is 14.2. The van der Waals surface area contributed by atoms with E-state index in [0.717, 1.165) is 24.0 Å². The molecule has 0 saturated carbocycles. The average molecular weight is 242 g/mol. The van der Waals surface area contributed by atoms with E-state index in [1.54, 1.807) is 0 Å². The molecule has 3 heteroatoms. The SMILES string of the molecule is Cc1ccc(C(=O)N2CCC(C#N)CC2)cc1C. The Bertz CT molecular complexity index is 494. The number of hydrogen-bond donors (Lipinski definition) is 0. The van der Waals surface area contributed by atoms with Crippen molar-refractivity contribution in [3.05, 3.63) is 34.9 Å². The summed E-state index contributed by atoms with van der Waals surface area (Å²) < 4.78 is 0. The van der Waals surface area contributed by atoms with Crippen molar-refractivity contribution in [3.63, 3.8) is 0 Å². The lowest BCUT2D eigenvalue weighted by atomic mass is 9.97. The summed E-state index contributed by atoms with van der Waals surface area (Å²) >= 11 is 0. The number of hydrogen-bond acceptors (Lipinski definition) is 2. The second-order valence-electron chi connectivity index (χ2n) is 4.99. The molecule has 0 N–H and O–H groups in total. The smallest absolute Gasteiger partial charge is 0.253 e. The molecular weight excluding hydrogens is 224 g/mol. The maximum atomic E-state index is 12.3. The van der Waals surface area contributed by atoms with Crippen LogP contribution in [0.3, 0.4) is 0 Å². The third kappa shape index (κ3) is 2.53. The number of likely N-dealkylation sites (tertiary alicyclic amines) is 1. The molecule has 0 radical (unpaired) electrons. The molecule has 0 atom stereocenters. The molecule has 0 aliphatic carbocycles. The van der Waals surface area contributed by atoms with E-state index in [2.05, 4.69) is 6.07 Å². The van der Waals surface area contributed by atoms with Gasteiger partial charge in [-0.2, -0.15) is 5.26 Å². The summed E-state index contributed by atoms with van der Waals surface area (Å²) in [5.74, 6) is 0.211. The molecular formula is C15H18N2O. The first kappa shape index (κ1) is 12.6. The summed E-state index contributed by atoms with van der Waals surface area (Å²) in [6, 6.07) is 8.11. The van der Waals surface area contributed by atoms with Gasteiger partial charge in [-0.15, -0.1) is 0 Å². The molecule has 0 bridgehead atoms. The zero-order valence-corrected chi connectivity index (χ0v) is 10.9. The zero-order valence-electron chi connectivity index (χ0n) is 10.9. The summed E-state index contributed by atoms with van der Waals surface area (Å²) in [5, 5.41) is 8.85. The van der Waals surface area contributed by atoms with E-state index in [0.29, 0.717) is 13.1 Å². The quantitative estimate of drug-likeness (QED) is 0.760. The fourth-order valence-electron chi connectivity index (χ4n) is 2.27. The van der Waals surface area contributed by atoms with Crippen LogP contribution in [0.5, 0.6) is 0 Å². The molecule has 1 aliphatic heterocycles. The molecule has 3 nitrogen and oxygen atoms in total. The first-order chi connectivity index (χ1) is 8.61. The summed E-state index contributed by atoms with van der Waals surface area (Å²) in [6.45, 7) is 5.46. The first-order valence-corrected chi connectivity index (χ1v) is 6.38. The van der Waals surface area contributed by atoms with E-state index in [4.69, 9.17) is 5.26 Å². The molecule has 0 aromatic heterocycles. The Kier molecular flexibility index (Phi) is 3.66. The fourth-order valence-corrected chi connectivity index (χ4v) is 2.27. The van der Waals surface area contributed by atoms with Crippen LogP contribution >= 0.6 is 0 Å². The number of carbonyl (C=O) groups excluding carboxylic acids is 1. The highest BCUT2D eigenvalue weighted by atomic mass is 16.2. The highest BCUT2D eigenvalue weighted by Crippen LogP contribution is 2.19. The topological polar surface area (TPSA) is 44.1 Å². The maximum Gasteiger partial charge on any atom is 0.253 e. The zero-order chi connectivity index (χ0) is 13.1. The molecule has 1 amide bonds. The van der Waals surface area contributed by atoms with Crippen molar-refractivity contribution in [1.29, 1.82) is 5.26 Å². The van der Waals surface area contributed by atoms with E-state index >= 15 is 0 Å². The summed E-state index contributed by atoms with van der Waals surface area (Å²) in [6.07, 6.45) is 1.60. The largest absolute Gasteiger partial charge is 0.339 e. The molecule has 18 heavy (non-hydrogen) atoms. The van der Waals surface area contributed by atoms with E-state index in [9.17, 15) is 4.79 Å². The van der Waals surface area contributed by atoms with E-state index in [1.165, 1.54) is 5.56 Å². The van der Waals surface area contributed by atoms with E-state index in [1.807, 2.05) is 36.9 Å². The van der Waals surface area contributed by atoms with Gasteiger partial charge in [0.05, 0.1) is 6.07 Å². The van der Waals surface area contributed by atoms with Crippen LogP contribution in [0.4, 0.5) is 0 Å². The number of amides is 1. The van der Waals surface area contributed by atoms with Crippen molar-refractivity contribution < 1.29 is 4.79 Å². The predicted molar refractivity (Wildman–Crippen MR) is 70.2 cm³/mol. The van der Waals surface area contributed by atoms with E-state index in [-0.39, 0.29) is 11.8 Å². The van der Waals surface area contributed by atoms with Crippen LogP contribution in [0.1, 0.15) is 34.3 Å². The van der Waals surface area contributed by atoms with Crippen LogP contribution in [0.25, 0.3) is 0 Å². The van der Waals surface area contributed by atoms with Crippen molar-refractivity contribution in [2.75, 3.05) is 13.1 Å². The van der Waals surface area contributed by atoms with Gasteiger partial charge < -0.3 is 4.90 Å². The molecule has 1 aromatic carbocycles. The Morgan fingerprint density at radius 2 is 1.94 bits per heavy atom. The van der Waals surface area contributed by atoms with Gasteiger partial charge in [-0.1, -0.05) is 6.07 Å². The molecule has 1 heterocycles. The van der Waals surface area contributed by atoms with Gasteiger partial charge >= 0.3 is 0 Å². The fraction of sp³-hybridized carbons (Fsp3) is 0.467. The molecule has 1 aromatic rings. The minimum Gasteiger partial charge on any atom is -0.339 e. The predicted octanol–water partition coefficient (Wildman–Crippen LogP) is 2.68. The molecule has 1 saturated heterocycles. The van der Waals surface area contributed by atoms with E-state index < -0.39 is 0 Å². The number of aryl methyl sites for hydroxylation is 2. The Hall–Kier alpha value is -1.82. The summed E-state index contributed by atoms with van der Waals surface area (Å²) in [7, 11) is 0. The third-order valence-electron chi connectivity index (χ3n) is 3.72.